The van der Waals surface area contributed by atoms with Gasteiger partial charge >= 0.3 is 5.97 Å². The molecule has 2 aliphatic heterocycles. The Morgan fingerprint density at radius 2 is 2.23 bits per heavy atom. The number of thioether (sulfide) groups is 1. The minimum Gasteiger partial charge on any atom is -0.477 e. The molecule has 5 heterocycles. The van der Waals surface area contributed by atoms with E-state index < -0.39 is 29.2 Å². The van der Waals surface area contributed by atoms with E-state index in [1.807, 2.05) is 33.8 Å². The average Bonchev–Trinajstić information content (AvgIpc) is 3.48. The number of carboxylic acids is 1. The number of rotatable bonds is 7. The number of carbonyl (C=O) groups is 3. The van der Waals surface area contributed by atoms with E-state index in [4.69, 9.17) is 15.0 Å². The van der Waals surface area contributed by atoms with E-state index >= 15 is 0 Å². The van der Waals surface area contributed by atoms with Crippen LogP contribution < -0.4 is 15.6 Å². The molecule has 0 spiro atoms. The van der Waals surface area contributed by atoms with Crippen LogP contribution in [0.3, 0.4) is 0 Å². The molecule has 0 saturated carbocycles. The second-order valence-corrected chi connectivity index (χ2v) is 9.56. The molecular weight excluding hydrogens is 496 g/mol. The third-order valence-corrected chi connectivity index (χ3v) is 7.67. The van der Waals surface area contributed by atoms with E-state index in [1.54, 1.807) is 11.3 Å². The van der Waals surface area contributed by atoms with Crippen molar-refractivity contribution in [3.05, 3.63) is 52.4 Å². The number of nitrogens with zero attached hydrogens (tertiary/aromatic N) is 4. The lowest BCUT2D eigenvalue weighted by Crippen LogP contribution is -2.71. The van der Waals surface area contributed by atoms with Crippen molar-refractivity contribution >= 4 is 63.4 Å². The summed E-state index contributed by atoms with van der Waals surface area (Å²) in [5, 5.41) is 21.8. The third kappa shape index (κ3) is 4.10. The number of thiophene rings is 1. The number of nitrogens with two attached hydrogens (primary N) is 1. The SMILES string of the molecule is CO/N=C(\C(=O)NC1C(=O)N2C(C(=O)O)=C(C[n+]3ccc4cscc4c3)CS[C@H]12)c1coc(N)n1. The Kier molecular flexibility index (Phi) is 5.90. The van der Waals surface area contributed by atoms with Crippen LogP contribution in [0.1, 0.15) is 5.69 Å². The fraction of sp³-hybridized carbons (Fsp3) is 0.238. The molecule has 3 aromatic heterocycles. The van der Waals surface area contributed by atoms with Crippen molar-refractivity contribution in [1.29, 1.82) is 0 Å². The van der Waals surface area contributed by atoms with Gasteiger partial charge in [0, 0.05) is 28.2 Å². The van der Waals surface area contributed by atoms with Crippen LogP contribution in [-0.4, -0.2) is 62.8 Å². The van der Waals surface area contributed by atoms with Gasteiger partial charge in [-0.1, -0.05) is 5.16 Å². The molecule has 5 rings (SSSR count). The standard InChI is InChI=1S/C21H18N6O6S2/c1-32-25-14(13-6-33-21(22)23-13)17(28)24-15-18(29)27-16(20(30)31)12(9-35-19(15)27)5-26-3-2-10-7-34-8-11(10)4-26/h2-4,6-8,15,19H,5,9H2,1H3,(H3-,22,23,24,28,30,31)/p+1/b25-14-/t15?,19-/m1/s1. The number of β-lactam (4-membered cyclic amide) rings is 1. The van der Waals surface area contributed by atoms with E-state index in [0.717, 1.165) is 17.0 Å². The molecule has 1 unspecified atom stereocenters. The molecule has 180 valence electrons. The number of aliphatic carboxylic acids is 1. The van der Waals surface area contributed by atoms with Gasteiger partial charge in [0.2, 0.25) is 0 Å². The molecule has 0 aromatic carbocycles. The van der Waals surface area contributed by atoms with Gasteiger partial charge in [-0.05, 0) is 5.38 Å². The predicted octanol–water partition coefficient (Wildman–Crippen LogP) is 0.548. The normalized spacial score (nSPS) is 20.0. The van der Waals surface area contributed by atoms with Crippen LogP contribution in [0.2, 0.25) is 0 Å². The number of carboxylic acid groups (broad SMARTS) is 1. The molecule has 12 nitrogen and oxygen atoms in total. The van der Waals surface area contributed by atoms with Crippen molar-refractivity contribution in [2.24, 2.45) is 5.16 Å². The first kappa shape index (κ1) is 22.9. The quantitative estimate of drug-likeness (QED) is 0.176. The summed E-state index contributed by atoms with van der Waals surface area (Å²) in [6.45, 7) is 0.326. The highest BCUT2D eigenvalue weighted by atomic mass is 32.2. The molecule has 4 N–H and O–H groups in total. The number of hydrogen-bond acceptors (Lipinski definition) is 10. The molecule has 2 amide bonds. The molecule has 1 fully saturated rings. The molecule has 2 aliphatic rings. The maximum absolute atomic E-state index is 13.0. The Morgan fingerprint density at radius 1 is 1.43 bits per heavy atom. The molecular formula is C21H19N6O6S2+. The number of pyridine rings is 1. The van der Waals surface area contributed by atoms with E-state index in [0.29, 0.717) is 17.9 Å². The topological polar surface area (TPSA) is 164 Å². The van der Waals surface area contributed by atoms with Gasteiger partial charge < -0.3 is 25.4 Å². The van der Waals surface area contributed by atoms with Crippen LogP contribution in [-0.2, 0) is 25.8 Å². The maximum Gasteiger partial charge on any atom is 0.352 e. The zero-order chi connectivity index (χ0) is 24.7. The highest BCUT2D eigenvalue weighted by molar-refractivity contribution is 8.00. The summed E-state index contributed by atoms with van der Waals surface area (Å²) in [4.78, 5) is 47.7. The van der Waals surface area contributed by atoms with Crippen LogP contribution in [0.15, 0.2) is 56.3 Å². The number of oxime groups is 1. The number of amides is 2. The molecule has 14 heteroatoms. The lowest BCUT2D eigenvalue weighted by atomic mass is 10.0. The van der Waals surface area contributed by atoms with Crippen LogP contribution in [0.4, 0.5) is 6.01 Å². The fourth-order valence-corrected chi connectivity index (χ4v) is 6.09. The van der Waals surface area contributed by atoms with Gasteiger partial charge in [-0.15, -0.1) is 11.8 Å². The minimum atomic E-state index is -1.19. The molecule has 1 saturated heterocycles. The van der Waals surface area contributed by atoms with Crippen molar-refractivity contribution < 1.29 is 33.3 Å². The summed E-state index contributed by atoms with van der Waals surface area (Å²) in [5.74, 6) is -2.07. The predicted molar refractivity (Wildman–Crippen MR) is 126 cm³/mol. The largest absolute Gasteiger partial charge is 0.477 e. The number of carbonyl (C=O) groups excluding carboxylic acids is 2. The number of anilines is 1. The van der Waals surface area contributed by atoms with Crippen molar-refractivity contribution in [3.63, 3.8) is 0 Å². The third-order valence-electron chi connectivity index (χ3n) is 5.55. The molecule has 2 atom stereocenters. The van der Waals surface area contributed by atoms with Gasteiger partial charge in [0.25, 0.3) is 17.8 Å². The summed E-state index contributed by atoms with van der Waals surface area (Å²) in [5.41, 5.74) is 5.82. The number of nitrogens with one attached hydrogen (secondary N) is 1. The van der Waals surface area contributed by atoms with E-state index in [-0.39, 0.29) is 23.1 Å². The van der Waals surface area contributed by atoms with Gasteiger partial charge in [0.05, 0.1) is 5.39 Å². The van der Waals surface area contributed by atoms with Gasteiger partial charge in [0.15, 0.2) is 24.7 Å². The Bertz CT molecular complexity index is 1410. The first-order valence-corrected chi connectivity index (χ1v) is 12.2. The smallest absolute Gasteiger partial charge is 0.352 e. The van der Waals surface area contributed by atoms with Gasteiger partial charge in [-0.25, -0.2) is 9.36 Å². The summed E-state index contributed by atoms with van der Waals surface area (Å²) in [7, 11) is 1.25. The zero-order valence-corrected chi connectivity index (χ0v) is 19.8. The summed E-state index contributed by atoms with van der Waals surface area (Å²) in [6, 6.07) is 0.864. The Balaban J connectivity index is 1.36. The average molecular weight is 516 g/mol. The van der Waals surface area contributed by atoms with Crippen LogP contribution >= 0.6 is 23.1 Å². The summed E-state index contributed by atoms with van der Waals surface area (Å²) < 4.78 is 6.81. The number of hydrogen-bond donors (Lipinski definition) is 3. The maximum atomic E-state index is 13.0. The van der Waals surface area contributed by atoms with Gasteiger partial charge in [-0.3, -0.25) is 14.5 Å². The van der Waals surface area contributed by atoms with Crippen molar-refractivity contribution in [1.82, 2.24) is 15.2 Å². The number of aromatic nitrogens is 2. The van der Waals surface area contributed by atoms with Gasteiger partial charge in [0.1, 0.15) is 36.2 Å². The number of oxazole rings is 1. The Morgan fingerprint density at radius 3 is 2.94 bits per heavy atom. The highest BCUT2D eigenvalue weighted by Gasteiger charge is 2.54. The van der Waals surface area contributed by atoms with Crippen LogP contribution in [0.25, 0.3) is 10.8 Å². The fourth-order valence-electron chi connectivity index (χ4n) is 3.98. The lowest BCUT2D eigenvalue weighted by Gasteiger charge is -2.49. The zero-order valence-electron chi connectivity index (χ0n) is 18.2. The van der Waals surface area contributed by atoms with E-state index in [2.05, 4.69) is 15.5 Å². The highest BCUT2D eigenvalue weighted by Crippen LogP contribution is 2.40. The molecule has 0 bridgehead atoms. The second-order valence-electron chi connectivity index (χ2n) is 7.71. The Hall–Kier alpha value is -3.91. The second kappa shape index (κ2) is 9.03. The summed E-state index contributed by atoms with van der Waals surface area (Å²) in [6.07, 6.45) is 4.97. The molecule has 0 aliphatic carbocycles. The van der Waals surface area contributed by atoms with E-state index in [1.165, 1.54) is 23.8 Å². The Labute approximate surface area is 206 Å². The molecule has 0 radical (unpaired) electrons. The van der Waals surface area contributed by atoms with Crippen molar-refractivity contribution in [3.8, 4) is 0 Å². The first-order chi connectivity index (χ1) is 16.9. The number of nitrogen functional groups attached to an aromatic ring is 1. The lowest BCUT2D eigenvalue weighted by molar-refractivity contribution is -0.687. The summed E-state index contributed by atoms with van der Waals surface area (Å²) >= 11 is 2.97. The van der Waals surface area contributed by atoms with Crippen LogP contribution in [0.5, 0.6) is 0 Å². The van der Waals surface area contributed by atoms with Crippen molar-refractivity contribution in [2.45, 2.75) is 18.0 Å². The van der Waals surface area contributed by atoms with Crippen molar-refractivity contribution in [2.75, 3.05) is 18.6 Å². The monoisotopic (exact) mass is 515 g/mol. The minimum absolute atomic E-state index is 0.0369. The number of fused-ring (bicyclic) bond motifs is 2. The van der Waals surface area contributed by atoms with Crippen LogP contribution in [0, 0.1) is 0 Å². The van der Waals surface area contributed by atoms with E-state index in [9.17, 15) is 19.5 Å². The first-order valence-electron chi connectivity index (χ1n) is 10.3. The molecule has 35 heavy (non-hydrogen) atoms. The molecule has 3 aromatic rings. The van der Waals surface area contributed by atoms with Gasteiger partial charge in [-0.2, -0.15) is 16.3 Å².